The number of nitrogens with two attached hydrogens (primary N) is 1. The molecule has 1 aromatic rings. The van der Waals surface area contributed by atoms with Crippen molar-refractivity contribution in [3.8, 4) is 0 Å². The van der Waals surface area contributed by atoms with Gasteiger partial charge >= 0.3 is 0 Å². The zero-order chi connectivity index (χ0) is 11.1. The molecule has 1 aliphatic carbocycles. The van der Waals surface area contributed by atoms with Gasteiger partial charge in [0.05, 0.1) is 0 Å². The molecule has 2 N–H and O–H groups in total. The van der Waals surface area contributed by atoms with Crippen molar-refractivity contribution in [1.82, 2.24) is 0 Å². The predicted molar refractivity (Wildman–Crippen MR) is 50.7 cm³/mol. The molecule has 1 fully saturated rings. The fourth-order valence-corrected chi connectivity index (χ4v) is 1.74. The number of benzene rings is 1. The summed E-state index contributed by atoms with van der Waals surface area (Å²) in [5.41, 5.74) is 5.15. The third-order valence-corrected chi connectivity index (χ3v) is 3.08. The Morgan fingerprint density at radius 1 is 1.13 bits per heavy atom. The zero-order valence-electron chi connectivity index (χ0n) is 8.19. The van der Waals surface area contributed by atoms with Gasteiger partial charge in [0.15, 0.2) is 11.6 Å². The molecule has 0 aromatic heterocycles. The lowest BCUT2D eigenvalue weighted by Gasteiger charge is -2.13. The molecule has 15 heavy (non-hydrogen) atoms. The van der Waals surface area contributed by atoms with Crippen LogP contribution >= 0.6 is 0 Å². The summed E-state index contributed by atoms with van der Waals surface area (Å²) in [6, 6.07) is 1.76. The van der Waals surface area contributed by atoms with Gasteiger partial charge in [-0.15, -0.1) is 0 Å². The Kier molecular flexibility index (Phi) is 2.46. The molecule has 4 heteroatoms. The van der Waals surface area contributed by atoms with Crippen LogP contribution in [0.15, 0.2) is 12.1 Å². The fraction of sp³-hybridized carbons (Fsp3) is 0.455. The van der Waals surface area contributed by atoms with Crippen molar-refractivity contribution < 1.29 is 13.2 Å². The summed E-state index contributed by atoms with van der Waals surface area (Å²) >= 11 is 0. The number of halogens is 3. The van der Waals surface area contributed by atoms with E-state index in [9.17, 15) is 13.2 Å². The van der Waals surface area contributed by atoms with E-state index in [-0.39, 0.29) is 17.4 Å². The first-order chi connectivity index (χ1) is 7.08. The summed E-state index contributed by atoms with van der Waals surface area (Å²) in [6.45, 7) is 0.391. The van der Waals surface area contributed by atoms with Gasteiger partial charge in [0, 0.05) is 5.56 Å². The Labute approximate surface area is 86.1 Å². The molecule has 82 valence electrons. The average molecular weight is 215 g/mol. The summed E-state index contributed by atoms with van der Waals surface area (Å²) in [7, 11) is 0. The molecule has 0 spiro atoms. The van der Waals surface area contributed by atoms with Gasteiger partial charge < -0.3 is 5.73 Å². The Balaban J connectivity index is 2.31. The third kappa shape index (κ3) is 1.86. The summed E-state index contributed by atoms with van der Waals surface area (Å²) in [4.78, 5) is 0. The highest BCUT2D eigenvalue weighted by molar-refractivity contribution is 5.24. The number of rotatable bonds is 3. The lowest BCUT2D eigenvalue weighted by Crippen LogP contribution is -2.19. The molecule has 0 heterocycles. The van der Waals surface area contributed by atoms with Gasteiger partial charge in [-0.05, 0) is 43.4 Å². The van der Waals surface area contributed by atoms with E-state index in [0.717, 1.165) is 25.0 Å². The van der Waals surface area contributed by atoms with Crippen LogP contribution in [-0.4, -0.2) is 6.54 Å². The van der Waals surface area contributed by atoms with Crippen LogP contribution < -0.4 is 5.73 Å². The molecule has 0 unspecified atom stereocenters. The molecule has 1 nitrogen and oxygen atoms in total. The minimum atomic E-state index is -1.07. The number of hydrogen-bond acceptors (Lipinski definition) is 1. The Morgan fingerprint density at radius 3 is 2.27 bits per heavy atom. The maximum atomic E-state index is 13.3. The fourth-order valence-electron chi connectivity index (χ4n) is 1.74. The van der Waals surface area contributed by atoms with Gasteiger partial charge in [0.25, 0.3) is 0 Å². The molecule has 0 aliphatic heterocycles. The second-order valence-corrected chi connectivity index (χ2v) is 4.20. The monoisotopic (exact) mass is 215 g/mol. The standard InChI is InChI=1S/C11H12F3N/c12-8-1-2-9(13)10(14)7(8)5-11(6-15)3-4-11/h1-2H,3-6,15H2. The Hall–Kier alpha value is -1.03. The van der Waals surface area contributed by atoms with Crippen molar-refractivity contribution in [2.75, 3.05) is 6.54 Å². The molecular weight excluding hydrogens is 203 g/mol. The van der Waals surface area contributed by atoms with E-state index in [0.29, 0.717) is 6.54 Å². The van der Waals surface area contributed by atoms with E-state index in [1.165, 1.54) is 0 Å². The average Bonchev–Trinajstić information content (AvgIpc) is 3.00. The molecule has 0 bridgehead atoms. The number of hydrogen-bond donors (Lipinski definition) is 1. The SMILES string of the molecule is NCC1(Cc2c(F)ccc(F)c2F)CC1. The van der Waals surface area contributed by atoms with E-state index >= 15 is 0 Å². The molecule has 1 saturated carbocycles. The van der Waals surface area contributed by atoms with Crippen LogP contribution in [0.3, 0.4) is 0 Å². The molecule has 1 aliphatic rings. The summed E-state index contributed by atoms with van der Waals surface area (Å²) in [5, 5.41) is 0. The van der Waals surface area contributed by atoms with Crippen LogP contribution in [-0.2, 0) is 6.42 Å². The second kappa shape index (κ2) is 3.52. The maximum absolute atomic E-state index is 13.3. The molecule has 0 saturated heterocycles. The van der Waals surface area contributed by atoms with Crippen LogP contribution in [0.2, 0.25) is 0 Å². The lowest BCUT2D eigenvalue weighted by atomic mass is 9.96. The Bertz CT molecular complexity index is 386. The van der Waals surface area contributed by atoms with Crippen LogP contribution in [0.1, 0.15) is 18.4 Å². The van der Waals surface area contributed by atoms with Crippen molar-refractivity contribution in [1.29, 1.82) is 0 Å². The van der Waals surface area contributed by atoms with Crippen LogP contribution in [0.25, 0.3) is 0 Å². The summed E-state index contributed by atoms with van der Waals surface area (Å²) in [6.07, 6.45) is 1.91. The van der Waals surface area contributed by atoms with Crippen LogP contribution in [0.4, 0.5) is 13.2 Å². The molecule has 0 radical (unpaired) electrons. The molecule has 2 rings (SSSR count). The molecule has 0 atom stereocenters. The zero-order valence-corrected chi connectivity index (χ0v) is 8.19. The minimum absolute atomic E-state index is 0.169. The van der Waals surface area contributed by atoms with E-state index in [2.05, 4.69) is 0 Å². The molecule has 1 aromatic carbocycles. The van der Waals surface area contributed by atoms with Crippen molar-refractivity contribution >= 4 is 0 Å². The summed E-state index contributed by atoms with van der Waals surface area (Å²) < 4.78 is 39.5. The first-order valence-electron chi connectivity index (χ1n) is 4.90. The van der Waals surface area contributed by atoms with Gasteiger partial charge in [-0.3, -0.25) is 0 Å². The van der Waals surface area contributed by atoms with E-state index < -0.39 is 17.5 Å². The van der Waals surface area contributed by atoms with Gasteiger partial charge in [-0.1, -0.05) is 0 Å². The second-order valence-electron chi connectivity index (χ2n) is 4.20. The molecule has 0 amide bonds. The topological polar surface area (TPSA) is 26.0 Å². The van der Waals surface area contributed by atoms with Gasteiger partial charge in [-0.2, -0.15) is 0 Å². The van der Waals surface area contributed by atoms with E-state index in [4.69, 9.17) is 5.73 Å². The highest BCUT2D eigenvalue weighted by Crippen LogP contribution is 2.47. The third-order valence-electron chi connectivity index (χ3n) is 3.08. The van der Waals surface area contributed by atoms with Crippen molar-refractivity contribution in [3.05, 3.63) is 35.1 Å². The largest absolute Gasteiger partial charge is 0.330 e. The Morgan fingerprint density at radius 2 is 1.73 bits per heavy atom. The highest BCUT2D eigenvalue weighted by Gasteiger charge is 2.42. The minimum Gasteiger partial charge on any atom is -0.330 e. The normalized spacial score (nSPS) is 17.9. The van der Waals surface area contributed by atoms with Gasteiger partial charge in [-0.25, -0.2) is 13.2 Å². The van der Waals surface area contributed by atoms with Crippen LogP contribution in [0, 0.1) is 22.9 Å². The highest BCUT2D eigenvalue weighted by atomic mass is 19.2. The van der Waals surface area contributed by atoms with Crippen LogP contribution in [0.5, 0.6) is 0 Å². The first-order valence-corrected chi connectivity index (χ1v) is 4.90. The molecular formula is C11H12F3N. The smallest absolute Gasteiger partial charge is 0.164 e. The first kappa shape index (κ1) is 10.5. The quantitative estimate of drug-likeness (QED) is 0.770. The maximum Gasteiger partial charge on any atom is 0.164 e. The predicted octanol–water partition coefficient (Wildman–Crippen LogP) is 2.39. The van der Waals surface area contributed by atoms with Gasteiger partial charge in [0.2, 0.25) is 0 Å². The van der Waals surface area contributed by atoms with Crippen molar-refractivity contribution in [3.63, 3.8) is 0 Å². The lowest BCUT2D eigenvalue weighted by molar-refractivity contribution is 0.444. The van der Waals surface area contributed by atoms with Gasteiger partial charge in [0.1, 0.15) is 5.82 Å². The van der Waals surface area contributed by atoms with E-state index in [1.807, 2.05) is 0 Å². The van der Waals surface area contributed by atoms with Crippen molar-refractivity contribution in [2.24, 2.45) is 11.1 Å². The summed E-state index contributed by atoms with van der Waals surface area (Å²) in [5.74, 6) is -2.76. The van der Waals surface area contributed by atoms with Crippen molar-refractivity contribution in [2.45, 2.75) is 19.3 Å². The van der Waals surface area contributed by atoms with E-state index in [1.54, 1.807) is 0 Å².